The molecule has 0 radical (unpaired) electrons. The Hall–Kier alpha value is -2.12. The molecule has 1 aromatic carbocycles. The van der Waals surface area contributed by atoms with Crippen LogP contribution >= 0.6 is 11.6 Å². The van der Waals surface area contributed by atoms with Crippen LogP contribution in [0.1, 0.15) is 22.5 Å². The maximum atomic E-state index is 12.4. The van der Waals surface area contributed by atoms with Crippen LogP contribution in [-0.4, -0.2) is 36.9 Å². The monoisotopic (exact) mass is 379 g/mol. The predicted octanol–water partition coefficient (Wildman–Crippen LogP) is 2.89. The highest BCUT2D eigenvalue weighted by Crippen LogP contribution is 2.21. The minimum atomic E-state index is -2.96. The largest absolute Gasteiger partial charge is 0.381 e. The summed E-state index contributed by atoms with van der Waals surface area (Å²) >= 11 is 6.06. The predicted molar refractivity (Wildman–Crippen MR) is 99.1 cm³/mol. The van der Waals surface area contributed by atoms with Crippen LogP contribution < -0.4 is 10.6 Å². The standard InChI is InChI=1S/C17H18ClN3O3S/c1-11-2-3-12(8-15(11)18)21-17(22)16-9-13(4-6-19-16)20-14-5-7-25(23,24)10-14/h2-4,6,8-9,14H,5,7,10H2,1H3,(H,19,20)(H,21,22). The van der Waals surface area contributed by atoms with E-state index in [0.29, 0.717) is 22.8 Å². The van der Waals surface area contributed by atoms with Gasteiger partial charge in [0.1, 0.15) is 5.69 Å². The highest BCUT2D eigenvalue weighted by molar-refractivity contribution is 7.91. The second-order valence-electron chi connectivity index (χ2n) is 6.09. The molecule has 1 saturated heterocycles. The van der Waals surface area contributed by atoms with Gasteiger partial charge in [0.15, 0.2) is 9.84 Å². The summed E-state index contributed by atoms with van der Waals surface area (Å²) in [6, 6.07) is 8.45. The van der Waals surface area contributed by atoms with Crippen molar-refractivity contribution in [3.05, 3.63) is 52.8 Å². The molecule has 2 N–H and O–H groups in total. The van der Waals surface area contributed by atoms with Gasteiger partial charge in [0.05, 0.1) is 11.5 Å². The number of carbonyl (C=O) groups is 1. The van der Waals surface area contributed by atoms with Gasteiger partial charge < -0.3 is 10.6 Å². The van der Waals surface area contributed by atoms with Crippen molar-refractivity contribution in [1.29, 1.82) is 0 Å². The molecule has 1 atom stereocenters. The first-order valence-electron chi connectivity index (χ1n) is 7.83. The molecule has 132 valence electrons. The van der Waals surface area contributed by atoms with Crippen molar-refractivity contribution in [3.8, 4) is 0 Å². The molecular weight excluding hydrogens is 362 g/mol. The Kier molecular flexibility index (Phi) is 4.96. The summed E-state index contributed by atoms with van der Waals surface area (Å²) in [7, 11) is -2.96. The van der Waals surface area contributed by atoms with E-state index < -0.39 is 9.84 Å². The normalized spacial score (nSPS) is 18.7. The minimum Gasteiger partial charge on any atom is -0.381 e. The Morgan fingerprint density at radius 1 is 1.24 bits per heavy atom. The summed E-state index contributed by atoms with van der Waals surface area (Å²) in [4.78, 5) is 16.4. The topological polar surface area (TPSA) is 88.2 Å². The number of amides is 1. The second-order valence-corrected chi connectivity index (χ2v) is 8.73. The van der Waals surface area contributed by atoms with E-state index in [2.05, 4.69) is 15.6 Å². The number of hydrogen-bond acceptors (Lipinski definition) is 5. The van der Waals surface area contributed by atoms with Gasteiger partial charge >= 0.3 is 0 Å². The number of sulfone groups is 1. The lowest BCUT2D eigenvalue weighted by Crippen LogP contribution is -2.21. The van der Waals surface area contributed by atoms with E-state index in [1.54, 1.807) is 24.3 Å². The van der Waals surface area contributed by atoms with Gasteiger partial charge in [-0.3, -0.25) is 9.78 Å². The van der Waals surface area contributed by atoms with Crippen LogP contribution in [0.2, 0.25) is 5.02 Å². The van der Waals surface area contributed by atoms with Crippen molar-refractivity contribution < 1.29 is 13.2 Å². The lowest BCUT2D eigenvalue weighted by molar-refractivity contribution is 0.102. The summed E-state index contributed by atoms with van der Waals surface area (Å²) in [5.41, 5.74) is 2.42. The second kappa shape index (κ2) is 7.01. The van der Waals surface area contributed by atoms with Gasteiger partial charge in [-0.05, 0) is 43.2 Å². The summed E-state index contributed by atoms with van der Waals surface area (Å²) in [6.45, 7) is 1.88. The van der Waals surface area contributed by atoms with Gasteiger partial charge in [-0.25, -0.2) is 8.42 Å². The van der Waals surface area contributed by atoms with Gasteiger partial charge in [-0.2, -0.15) is 0 Å². The van der Waals surface area contributed by atoms with Crippen LogP contribution in [0.3, 0.4) is 0 Å². The van der Waals surface area contributed by atoms with E-state index in [9.17, 15) is 13.2 Å². The molecule has 1 fully saturated rings. The molecular formula is C17H18ClN3O3S. The van der Waals surface area contributed by atoms with E-state index in [0.717, 1.165) is 5.56 Å². The summed E-state index contributed by atoms with van der Waals surface area (Å²) < 4.78 is 23.1. The molecule has 0 bridgehead atoms. The van der Waals surface area contributed by atoms with Crippen molar-refractivity contribution in [1.82, 2.24) is 4.98 Å². The molecule has 1 aromatic heterocycles. The first-order valence-corrected chi connectivity index (χ1v) is 10.0. The molecule has 1 aliphatic heterocycles. The fourth-order valence-electron chi connectivity index (χ4n) is 2.65. The van der Waals surface area contributed by atoms with Crippen molar-refractivity contribution in [2.45, 2.75) is 19.4 Å². The molecule has 0 aliphatic carbocycles. The minimum absolute atomic E-state index is 0.110. The zero-order chi connectivity index (χ0) is 18.0. The van der Waals surface area contributed by atoms with Crippen LogP contribution in [0.15, 0.2) is 36.5 Å². The van der Waals surface area contributed by atoms with Crippen LogP contribution in [0.4, 0.5) is 11.4 Å². The third kappa shape index (κ3) is 4.49. The number of pyridine rings is 1. The molecule has 1 aliphatic rings. The number of carbonyl (C=O) groups excluding carboxylic acids is 1. The molecule has 1 amide bonds. The van der Waals surface area contributed by atoms with E-state index in [1.807, 2.05) is 13.0 Å². The molecule has 3 rings (SSSR count). The number of anilines is 2. The molecule has 1 unspecified atom stereocenters. The summed E-state index contributed by atoms with van der Waals surface area (Å²) in [5, 5.41) is 6.48. The first kappa shape index (κ1) is 17.7. The summed E-state index contributed by atoms with van der Waals surface area (Å²) in [5.74, 6) is -0.0571. The maximum absolute atomic E-state index is 12.4. The maximum Gasteiger partial charge on any atom is 0.274 e. The van der Waals surface area contributed by atoms with Crippen LogP contribution in [0, 0.1) is 6.92 Å². The number of aromatic nitrogens is 1. The number of benzene rings is 1. The lowest BCUT2D eigenvalue weighted by Gasteiger charge is -2.13. The quantitative estimate of drug-likeness (QED) is 0.852. The Morgan fingerprint density at radius 3 is 2.72 bits per heavy atom. The Bertz CT molecular complexity index is 915. The van der Waals surface area contributed by atoms with Crippen LogP contribution in [-0.2, 0) is 9.84 Å². The molecule has 2 heterocycles. The van der Waals surface area contributed by atoms with E-state index >= 15 is 0 Å². The van der Waals surface area contributed by atoms with Crippen LogP contribution in [0.5, 0.6) is 0 Å². The first-order chi connectivity index (χ1) is 11.8. The Labute approximate surface area is 151 Å². The van der Waals surface area contributed by atoms with Gasteiger partial charge in [-0.1, -0.05) is 17.7 Å². The molecule has 8 heteroatoms. The molecule has 6 nitrogen and oxygen atoms in total. The van der Waals surface area contributed by atoms with Gasteiger partial charge in [0, 0.05) is 28.6 Å². The zero-order valence-electron chi connectivity index (χ0n) is 13.6. The van der Waals surface area contributed by atoms with E-state index in [4.69, 9.17) is 11.6 Å². The van der Waals surface area contributed by atoms with Gasteiger partial charge in [0.25, 0.3) is 5.91 Å². The van der Waals surface area contributed by atoms with E-state index in [-0.39, 0.29) is 29.1 Å². The highest BCUT2D eigenvalue weighted by Gasteiger charge is 2.27. The number of hydrogen-bond donors (Lipinski definition) is 2. The van der Waals surface area contributed by atoms with Crippen LogP contribution in [0.25, 0.3) is 0 Å². The highest BCUT2D eigenvalue weighted by atomic mass is 35.5. The Balaban J connectivity index is 1.70. The smallest absolute Gasteiger partial charge is 0.274 e. The average molecular weight is 380 g/mol. The third-order valence-corrected chi connectivity index (χ3v) is 6.20. The number of halogens is 1. The van der Waals surface area contributed by atoms with Crippen molar-refractivity contribution in [2.24, 2.45) is 0 Å². The molecule has 2 aromatic rings. The summed E-state index contributed by atoms with van der Waals surface area (Å²) in [6.07, 6.45) is 2.08. The SMILES string of the molecule is Cc1ccc(NC(=O)c2cc(NC3CCS(=O)(=O)C3)ccn2)cc1Cl. The Morgan fingerprint density at radius 2 is 2.04 bits per heavy atom. The third-order valence-electron chi connectivity index (χ3n) is 4.03. The number of nitrogens with one attached hydrogen (secondary N) is 2. The number of rotatable bonds is 4. The van der Waals surface area contributed by atoms with Crippen molar-refractivity contribution in [2.75, 3.05) is 22.1 Å². The fourth-order valence-corrected chi connectivity index (χ4v) is 4.51. The fraction of sp³-hybridized carbons (Fsp3) is 0.294. The van der Waals surface area contributed by atoms with Crippen molar-refractivity contribution >= 4 is 38.7 Å². The average Bonchev–Trinajstić information content (AvgIpc) is 2.90. The molecule has 0 spiro atoms. The van der Waals surface area contributed by atoms with E-state index in [1.165, 1.54) is 6.20 Å². The van der Waals surface area contributed by atoms with Crippen molar-refractivity contribution in [3.63, 3.8) is 0 Å². The number of nitrogens with zero attached hydrogens (tertiary/aromatic N) is 1. The molecule has 0 saturated carbocycles. The van der Waals surface area contributed by atoms with Gasteiger partial charge in [-0.15, -0.1) is 0 Å². The van der Waals surface area contributed by atoms with Gasteiger partial charge in [0.2, 0.25) is 0 Å². The molecule has 25 heavy (non-hydrogen) atoms. The number of aryl methyl sites for hydroxylation is 1. The zero-order valence-corrected chi connectivity index (χ0v) is 15.2. The lowest BCUT2D eigenvalue weighted by atomic mass is 10.2.